The van der Waals surface area contributed by atoms with Crippen LogP contribution in [0, 0.1) is 0 Å². The molecule has 2 aliphatic rings. The molecule has 3 rings (SSSR count). The lowest BCUT2D eigenvalue weighted by Gasteiger charge is -2.35. The zero-order valence-electron chi connectivity index (χ0n) is 10.5. The van der Waals surface area contributed by atoms with Gasteiger partial charge in [-0.25, -0.2) is 4.98 Å². The second-order valence-corrected chi connectivity index (χ2v) is 6.05. The first-order valence-corrected chi connectivity index (χ1v) is 7.68. The lowest BCUT2D eigenvalue weighted by molar-refractivity contribution is 0.188. The van der Waals surface area contributed by atoms with Gasteiger partial charge in [-0.1, -0.05) is 6.92 Å². The van der Waals surface area contributed by atoms with Crippen molar-refractivity contribution in [1.29, 1.82) is 0 Å². The molecule has 0 aromatic carbocycles. The number of rotatable bonds is 3. The third-order valence-corrected chi connectivity index (χ3v) is 4.88. The maximum absolute atomic E-state index is 4.60. The van der Waals surface area contributed by atoms with Crippen molar-refractivity contribution in [3.63, 3.8) is 0 Å². The normalized spacial score (nSPS) is 29.2. The van der Waals surface area contributed by atoms with E-state index in [9.17, 15) is 0 Å². The maximum Gasteiger partial charge on any atom is 0.183 e. The Morgan fingerprint density at radius 3 is 3.24 bits per heavy atom. The first-order chi connectivity index (χ1) is 8.35. The van der Waals surface area contributed by atoms with Crippen molar-refractivity contribution in [1.82, 2.24) is 9.88 Å². The summed E-state index contributed by atoms with van der Waals surface area (Å²) in [5.41, 5.74) is 1.22. The third-order valence-electron chi connectivity index (χ3n) is 4.06. The van der Waals surface area contributed by atoms with Crippen LogP contribution in [0.5, 0.6) is 0 Å². The van der Waals surface area contributed by atoms with E-state index in [1.54, 1.807) is 11.3 Å². The Labute approximate surface area is 107 Å². The number of thiazole rings is 1. The number of hydrogen-bond acceptors (Lipinski definition) is 4. The molecule has 0 spiro atoms. The molecule has 0 bridgehead atoms. The van der Waals surface area contributed by atoms with Crippen LogP contribution in [0.4, 0.5) is 5.13 Å². The molecule has 94 valence electrons. The Balaban J connectivity index is 1.58. The fraction of sp³-hybridized carbons (Fsp3) is 0.769. The monoisotopic (exact) mass is 251 g/mol. The SMILES string of the molecule is CCc1csc(NC2CCN3CCCC3C2)n1. The first-order valence-electron chi connectivity index (χ1n) is 6.80. The molecule has 1 aromatic rings. The Hall–Kier alpha value is -0.610. The highest BCUT2D eigenvalue weighted by molar-refractivity contribution is 7.13. The molecular formula is C13H21N3S. The van der Waals surface area contributed by atoms with Crippen molar-refractivity contribution < 1.29 is 0 Å². The van der Waals surface area contributed by atoms with Crippen molar-refractivity contribution in [3.05, 3.63) is 11.1 Å². The van der Waals surface area contributed by atoms with Gasteiger partial charge in [-0.15, -0.1) is 11.3 Å². The molecule has 0 radical (unpaired) electrons. The van der Waals surface area contributed by atoms with Gasteiger partial charge < -0.3 is 10.2 Å². The summed E-state index contributed by atoms with van der Waals surface area (Å²) >= 11 is 1.76. The molecule has 0 saturated carbocycles. The van der Waals surface area contributed by atoms with Crippen molar-refractivity contribution in [2.24, 2.45) is 0 Å². The van der Waals surface area contributed by atoms with Gasteiger partial charge in [-0.05, 0) is 38.6 Å². The topological polar surface area (TPSA) is 28.2 Å². The van der Waals surface area contributed by atoms with E-state index < -0.39 is 0 Å². The fourth-order valence-electron chi connectivity index (χ4n) is 3.07. The predicted molar refractivity (Wildman–Crippen MR) is 72.7 cm³/mol. The number of piperidine rings is 1. The second-order valence-electron chi connectivity index (χ2n) is 5.20. The molecule has 2 atom stereocenters. The summed E-state index contributed by atoms with van der Waals surface area (Å²) < 4.78 is 0. The zero-order chi connectivity index (χ0) is 11.7. The van der Waals surface area contributed by atoms with Gasteiger partial charge in [0, 0.05) is 24.0 Å². The molecule has 3 nitrogen and oxygen atoms in total. The summed E-state index contributed by atoms with van der Waals surface area (Å²) in [5.74, 6) is 0. The minimum Gasteiger partial charge on any atom is -0.359 e. The predicted octanol–water partition coefficient (Wildman–Crippen LogP) is 2.74. The minimum atomic E-state index is 0.644. The molecule has 0 aliphatic carbocycles. The number of aromatic nitrogens is 1. The number of aryl methyl sites for hydroxylation is 1. The highest BCUT2D eigenvalue weighted by Gasteiger charge is 2.31. The van der Waals surface area contributed by atoms with Crippen LogP contribution in [0.2, 0.25) is 0 Å². The summed E-state index contributed by atoms with van der Waals surface area (Å²) in [6.07, 6.45) is 6.42. The molecule has 2 saturated heterocycles. The molecule has 4 heteroatoms. The zero-order valence-corrected chi connectivity index (χ0v) is 11.3. The van der Waals surface area contributed by atoms with Gasteiger partial charge in [0.2, 0.25) is 0 Å². The third kappa shape index (κ3) is 2.47. The van der Waals surface area contributed by atoms with Crippen molar-refractivity contribution in [3.8, 4) is 0 Å². The van der Waals surface area contributed by atoms with Crippen molar-refractivity contribution >= 4 is 16.5 Å². The van der Waals surface area contributed by atoms with E-state index in [2.05, 4.69) is 27.5 Å². The largest absolute Gasteiger partial charge is 0.359 e. The Morgan fingerprint density at radius 1 is 1.47 bits per heavy atom. The highest BCUT2D eigenvalue weighted by Crippen LogP contribution is 2.29. The molecule has 1 N–H and O–H groups in total. The molecule has 17 heavy (non-hydrogen) atoms. The van der Waals surface area contributed by atoms with Crippen LogP contribution in [0.3, 0.4) is 0 Å². The van der Waals surface area contributed by atoms with Crippen LogP contribution in [0.25, 0.3) is 0 Å². The van der Waals surface area contributed by atoms with Gasteiger partial charge in [0.15, 0.2) is 5.13 Å². The lowest BCUT2D eigenvalue weighted by Crippen LogP contribution is -2.42. The van der Waals surface area contributed by atoms with E-state index in [1.807, 2.05) is 0 Å². The van der Waals surface area contributed by atoms with Crippen LogP contribution >= 0.6 is 11.3 Å². The van der Waals surface area contributed by atoms with Crippen LogP contribution in [-0.4, -0.2) is 35.1 Å². The fourth-order valence-corrected chi connectivity index (χ4v) is 3.94. The number of nitrogens with one attached hydrogen (secondary N) is 1. The summed E-state index contributed by atoms with van der Waals surface area (Å²) in [6.45, 7) is 4.76. The van der Waals surface area contributed by atoms with E-state index in [0.29, 0.717) is 6.04 Å². The number of hydrogen-bond donors (Lipinski definition) is 1. The lowest BCUT2D eigenvalue weighted by atomic mass is 9.98. The highest BCUT2D eigenvalue weighted by atomic mass is 32.1. The Kier molecular flexibility index (Phi) is 3.34. The van der Waals surface area contributed by atoms with E-state index in [0.717, 1.165) is 17.6 Å². The van der Waals surface area contributed by atoms with E-state index in [1.165, 1.54) is 44.5 Å². The summed E-state index contributed by atoms with van der Waals surface area (Å²) in [7, 11) is 0. The molecule has 3 heterocycles. The summed E-state index contributed by atoms with van der Waals surface area (Å²) in [6, 6.07) is 1.48. The maximum atomic E-state index is 4.60. The molecular weight excluding hydrogens is 230 g/mol. The number of nitrogens with zero attached hydrogens (tertiary/aromatic N) is 2. The summed E-state index contributed by atoms with van der Waals surface area (Å²) in [5, 5.41) is 6.93. The van der Waals surface area contributed by atoms with Crippen LogP contribution in [0.15, 0.2) is 5.38 Å². The van der Waals surface area contributed by atoms with E-state index in [-0.39, 0.29) is 0 Å². The van der Waals surface area contributed by atoms with Crippen molar-refractivity contribution in [2.75, 3.05) is 18.4 Å². The van der Waals surface area contributed by atoms with E-state index >= 15 is 0 Å². The van der Waals surface area contributed by atoms with Gasteiger partial charge in [0.25, 0.3) is 0 Å². The van der Waals surface area contributed by atoms with Gasteiger partial charge >= 0.3 is 0 Å². The summed E-state index contributed by atoms with van der Waals surface area (Å²) in [4.78, 5) is 7.27. The molecule has 2 fully saturated rings. The van der Waals surface area contributed by atoms with Crippen LogP contribution in [0.1, 0.15) is 38.3 Å². The second kappa shape index (κ2) is 4.94. The number of fused-ring (bicyclic) bond motifs is 1. The first kappa shape index (κ1) is 11.5. The van der Waals surface area contributed by atoms with Crippen molar-refractivity contribution in [2.45, 2.75) is 51.1 Å². The van der Waals surface area contributed by atoms with Crippen LogP contribution < -0.4 is 5.32 Å². The van der Waals surface area contributed by atoms with Gasteiger partial charge in [-0.2, -0.15) is 0 Å². The molecule has 2 aliphatic heterocycles. The standard InChI is InChI=1S/C13H21N3S/c1-2-10-9-17-13(14-10)15-11-5-7-16-6-3-4-12(16)8-11/h9,11-12H,2-8H2,1H3,(H,14,15). The average Bonchev–Trinajstić information content (AvgIpc) is 2.96. The van der Waals surface area contributed by atoms with Gasteiger partial charge in [0.05, 0.1) is 5.69 Å². The quantitative estimate of drug-likeness (QED) is 0.895. The van der Waals surface area contributed by atoms with Crippen LogP contribution in [-0.2, 0) is 6.42 Å². The Bertz CT molecular complexity index is 376. The van der Waals surface area contributed by atoms with E-state index in [4.69, 9.17) is 0 Å². The Morgan fingerprint density at radius 2 is 2.41 bits per heavy atom. The smallest absolute Gasteiger partial charge is 0.183 e. The molecule has 0 amide bonds. The average molecular weight is 251 g/mol. The van der Waals surface area contributed by atoms with Gasteiger partial charge in [-0.3, -0.25) is 0 Å². The molecule has 1 aromatic heterocycles. The minimum absolute atomic E-state index is 0.644. The van der Waals surface area contributed by atoms with Gasteiger partial charge in [0.1, 0.15) is 0 Å². The number of anilines is 1. The molecule has 2 unspecified atom stereocenters.